The van der Waals surface area contributed by atoms with Crippen LogP contribution in [0.3, 0.4) is 0 Å². The minimum atomic E-state index is -0.908. The highest BCUT2D eigenvalue weighted by Gasteiger charge is 2.37. The van der Waals surface area contributed by atoms with Gasteiger partial charge in [0.15, 0.2) is 0 Å². The SMILES string of the molecule is C/C(=C\c1ccnc(N2CCC[C@@H]2CO)c1)[C@H]1OC(=O)C[C@H](O)CC[C@H](C)[C@@H](C2CN(C)CCN2C(=O)O)/C=C/[C@@H]1C. The third-order valence-electron chi connectivity index (χ3n) is 9.19. The highest BCUT2D eigenvalue weighted by Crippen LogP contribution is 2.32. The number of nitrogens with zero attached hydrogens (tertiary/aromatic N) is 4. The van der Waals surface area contributed by atoms with Gasteiger partial charge in [0.05, 0.1) is 31.2 Å². The molecule has 232 valence electrons. The van der Waals surface area contributed by atoms with E-state index in [4.69, 9.17) is 4.74 Å². The summed E-state index contributed by atoms with van der Waals surface area (Å²) in [4.78, 5) is 35.5. The van der Waals surface area contributed by atoms with Crippen molar-refractivity contribution in [3.05, 3.63) is 41.6 Å². The van der Waals surface area contributed by atoms with Crippen LogP contribution in [0.15, 0.2) is 36.1 Å². The number of ether oxygens (including phenoxy) is 1. The Morgan fingerprint density at radius 2 is 1.95 bits per heavy atom. The summed E-state index contributed by atoms with van der Waals surface area (Å²) in [5.41, 5.74) is 1.78. The van der Waals surface area contributed by atoms with Crippen LogP contribution in [0.2, 0.25) is 0 Å². The molecule has 1 aromatic rings. The van der Waals surface area contributed by atoms with Crippen LogP contribution in [0, 0.1) is 17.8 Å². The molecule has 1 unspecified atom stereocenters. The maximum atomic E-state index is 12.9. The lowest BCUT2D eigenvalue weighted by atomic mass is 9.80. The molecule has 1 amide bonds. The van der Waals surface area contributed by atoms with Crippen molar-refractivity contribution in [2.24, 2.45) is 17.8 Å². The summed E-state index contributed by atoms with van der Waals surface area (Å²) in [6.07, 6.45) is 8.64. The Bertz CT molecular complexity index is 1140. The molecule has 2 saturated heterocycles. The first kappa shape index (κ1) is 32.0. The molecule has 0 aliphatic carbocycles. The van der Waals surface area contributed by atoms with E-state index in [0.717, 1.165) is 36.3 Å². The maximum Gasteiger partial charge on any atom is 0.407 e. The molecule has 42 heavy (non-hydrogen) atoms. The molecule has 3 aliphatic heterocycles. The van der Waals surface area contributed by atoms with Gasteiger partial charge in [0.1, 0.15) is 11.9 Å². The summed E-state index contributed by atoms with van der Waals surface area (Å²) in [5.74, 6) is 0.248. The lowest BCUT2D eigenvalue weighted by Crippen LogP contribution is -2.57. The molecular formula is C32H48N4O6. The number of piperazine rings is 1. The number of carboxylic acid groups (broad SMARTS) is 1. The second kappa shape index (κ2) is 14.5. The van der Waals surface area contributed by atoms with Crippen LogP contribution in [0.5, 0.6) is 0 Å². The van der Waals surface area contributed by atoms with E-state index in [9.17, 15) is 24.9 Å². The molecule has 4 rings (SSSR count). The molecule has 2 fully saturated rings. The van der Waals surface area contributed by atoms with Gasteiger partial charge in [-0.2, -0.15) is 0 Å². The Labute approximate surface area is 249 Å². The Hall–Kier alpha value is -2.95. The van der Waals surface area contributed by atoms with Gasteiger partial charge in [0, 0.05) is 44.2 Å². The van der Waals surface area contributed by atoms with Crippen molar-refractivity contribution in [3.8, 4) is 0 Å². The Morgan fingerprint density at radius 1 is 1.17 bits per heavy atom. The number of carbonyl (C=O) groups is 2. The van der Waals surface area contributed by atoms with E-state index in [1.54, 1.807) is 11.1 Å². The van der Waals surface area contributed by atoms with Crippen LogP contribution in [-0.2, 0) is 9.53 Å². The van der Waals surface area contributed by atoms with Gasteiger partial charge in [-0.1, -0.05) is 32.1 Å². The standard InChI is InChI=1S/C32H48N4O6/c1-21-7-9-26(38)18-30(39)42-31(22(2)8-10-27(21)28-19-34(4)14-15-36(28)32(40)41)23(3)16-24-11-12-33-29(17-24)35-13-5-6-25(35)20-37/h8,10-12,16-17,21-22,25-28,31,37-38H,5-7,9,13-15,18-20H2,1-4H3,(H,40,41)/b10-8+,23-16+/t21-,22-,25+,26+,27-,28?,31-/m0/s1. The number of carbonyl (C=O) groups excluding carboxylic acids is 1. The first-order valence-corrected chi connectivity index (χ1v) is 15.3. The first-order valence-electron chi connectivity index (χ1n) is 15.3. The van der Waals surface area contributed by atoms with E-state index >= 15 is 0 Å². The molecule has 3 N–H and O–H groups in total. The first-order chi connectivity index (χ1) is 20.1. The molecule has 1 aromatic heterocycles. The third-order valence-corrected chi connectivity index (χ3v) is 9.19. The van der Waals surface area contributed by atoms with Crippen molar-refractivity contribution in [2.45, 2.75) is 77.2 Å². The minimum absolute atomic E-state index is 0.0544. The van der Waals surface area contributed by atoms with E-state index < -0.39 is 24.3 Å². The van der Waals surface area contributed by atoms with Crippen molar-refractivity contribution < 1.29 is 29.6 Å². The minimum Gasteiger partial charge on any atom is -0.465 e. The van der Waals surface area contributed by atoms with Gasteiger partial charge in [-0.05, 0) is 68.8 Å². The van der Waals surface area contributed by atoms with Crippen molar-refractivity contribution in [1.82, 2.24) is 14.8 Å². The summed E-state index contributed by atoms with van der Waals surface area (Å²) in [7, 11) is 2.02. The molecule has 10 heteroatoms. The average Bonchev–Trinajstić information content (AvgIpc) is 3.43. The highest BCUT2D eigenvalue weighted by molar-refractivity contribution is 5.71. The predicted molar refractivity (Wildman–Crippen MR) is 162 cm³/mol. The van der Waals surface area contributed by atoms with Crippen molar-refractivity contribution >= 4 is 24.0 Å². The lowest BCUT2D eigenvalue weighted by molar-refractivity contribution is -0.151. The quantitative estimate of drug-likeness (QED) is 0.351. The smallest absolute Gasteiger partial charge is 0.407 e. The average molecular weight is 585 g/mol. The van der Waals surface area contributed by atoms with E-state index in [-0.39, 0.29) is 42.9 Å². The Kier molecular flexibility index (Phi) is 11.0. The van der Waals surface area contributed by atoms with Gasteiger partial charge in [-0.15, -0.1) is 0 Å². The van der Waals surface area contributed by atoms with Gasteiger partial charge in [0.25, 0.3) is 0 Å². The topological polar surface area (TPSA) is 127 Å². The summed E-state index contributed by atoms with van der Waals surface area (Å²) in [6, 6.07) is 3.77. The van der Waals surface area contributed by atoms with Gasteiger partial charge >= 0.3 is 12.1 Å². The number of pyridine rings is 1. The fourth-order valence-electron chi connectivity index (χ4n) is 6.72. The molecular weight excluding hydrogens is 536 g/mol. The number of hydrogen-bond donors (Lipinski definition) is 3. The predicted octanol–water partition coefficient (Wildman–Crippen LogP) is 3.64. The van der Waals surface area contributed by atoms with Crippen LogP contribution >= 0.6 is 0 Å². The van der Waals surface area contributed by atoms with E-state index in [1.807, 2.05) is 39.1 Å². The number of esters is 1. The Balaban J connectivity index is 1.63. The molecule has 7 atom stereocenters. The Morgan fingerprint density at radius 3 is 2.69 bits per heavy atom. The summed E-state index contributed by atoms with van der Waals surface area (Å²) >= 11 is 0. The molecule has 0 aromatic carbocycles. The molecule has 0 radical (unpaired) electrons. The lowest BCUT2D eigenvalue weighted by Gasteiger charge is -2.43. The number of aliphatic hydroxyl groups is 2. The number of hydrogen-bond acceptors (Lipinski definition) is 8. The third kappa shape index (κ3) is 7.90. The van der Waals surface area contributed by atoms with Crippen LogP contribution in [0.1, 0.15) is 58.4 Å². The molecule has 3 aliphatic rings. The maximum absolute atomic E-state index is 12.9. The number of cyclic esters (lactones) is 1. The number of amides is 1. The summed E-state index contributed by atoms with van der Waals surface area (Å²) in [6.45, 7) is 8.79. The summed E-state index contributed by atoms with van der Waals surface area (Å²) in [5, 5.41) is 30.4. The molecule has 0 spiro atoms. The second-order valence-electron chi connectivity index (χ2n) is 12.5. The van der Waals surface area contributed by atoms with Crippen molar-refractivity contribution in [3.63, 3.8) is 0 Å². The van der Waals surface area contributed by atoms with Crippen LogP contribution < -0.4 is 4.90 Å². The molecule has 0 saturated carbocycles. The van der Waals surface area contributed by atoms with E-state index in [1.165, 1.54) is 0 Å². The largest absolute Gasteiger partial charge is 0.465 e. The number of likely N-dealkylation sites (N-methyl/N-ethyl adjacent to an activating group) is 1. The highest BCUT2D eigenvalue weighted by atomic mass is 16.5. The van der Waals surface area contributed by atoms with E-state index in [0.29, 0.717) is 32.5 Å². The molecule has 4 heterocycles. The van der Waals surface area contributed by atoms with Gasteiger partial charge < -0.3 is 34.8 Å². The molecule has 10 nitrogen and oxygen atoms in total. The second-order valence-corrected chi connectivity index (χ2v) is 12.5. The number of anilines is 1. The fourth-order valence-corrected chi connectivity index (χ4v) is 6.72. The number of aliphatic hydroxyl groups excluding tert-OH is 2. The van der Waals surface area contributed by atoms with Crippen molar-refractivity contribution in [2.75, 3.05) is 44.7 Å². The molecule has 0 bridgehead atoms. The van der Waals surface area contributed by atoms with Crippen LogP contribution in [0.25, 0.3) is 6.08 Å². The summed E-state index contributed by atoms with van der Waals surface area (Å²) < 4.78 is 6.00. The number of aromatic nitrogens is 1. The zero-order chi connectivity index (χ0) is 30.4. The van der Waals surface area contributed by atoms with E-state index in [2.05, 4.69) is 33.9 Å². The van der Waals surface area contributed by atoms with Crippen LogP contribution in [-0.4, -0.2) is 106 Å². The van der Waals surface area contributed by atoms with Crippen LogP contribution in [0.4, 0.5) is 10.6 Å². The van der Waals surface area contributed by atoms with Gasteiger partial charge in [-0.25, -0.2) is 9.78 Å². The zero-order valence-electron chi connectivity index (χ0n) is 25.4. The zero-order valence-corrected chi connectivity index (χ0v) is 25.4. The monoisotopic (exact) mass is 584 g/mol. The normalized spacial score (nSPS) is 33.0. The van der Waals surface area contributed by atoms with Gasteiger partial charge in [0.2, 0.25) is 0 Å². The number of rotatable bonds is 5. The van der Waals surface area contributed by atoms with Gasteiger partial charge in [-0.3, -0.25) is 4.79 Å². The fraction of sp³-hybridized carbons (Fsp3) is 0.656. The van der Waals surface area contributed by atoms with Crippen molar-refractivity contribution in [1.29, 1.82) is 0 Å².